The van der Waals surface area contributed by atoms with Crippen molar-refractivity contribution in [2.45, 2.75) is 26.4 Å². The smallest absolute Gasteiger partial charge is 0.178 e. The van der Waals surface area contributed by atoms with E-state index in [0.717, 1.165) is 28.1 Å². The minimum Gasteiger partial charge on any atom is -0.339 e. The predicted molar refractivity (Wildman–Crippen MR) is 95.0 cm³/mol. The number of aromatic amines is 1. The van der Waals surface area contributed by atoms with Gasteiger partial charge >= 0.3 is 0 Å². The van der Waals surface area contributed by atoms with Crippen LogP contribution in [0.15, 0.2) is 30.5 Å². The molecular formula is C17H18Cl2N4. The molecule has 6 heteroatoms. The molecule has 3 rings (SSSR count). The van der Waals surface area contributed by atoms with Gasteiger partial charge in [-0.25, -0.2) is 9.97 Å². The molecule has 120 valence electrons. The first-order chi connectivity index (χ1) is 11.0. The topological polar surface area (TPSA) is 44.8 Å². The van der Waals surface area contributed by atoms with Crippen LogP contribution in [-0.2, 0) is 6.54 Å². The summed E-state index contributed by atoms with van der Waals surface area (Å²) in [6.07, 6.45) is 1.78. The summed E-state index contributed by atoms with van der Waals surface area (Å²) >= 11 is 12.3. The Morgan fingerprint density at radius 1 is 1.26 bits per heavy atom. The third-order valence-electron chi connectivity index (χ3n) is 4.12. The van der Waals surface area contributed by atoms with E-state index in [0.29, 0.717) is 16.6 Å². The fourth-order valence-electron chi connectivity index (χ4n) is 2.61. The van der Waals surface area contributed by atoms with Gasteiger partial charge in [0.2, 0.25) is 0 Å². The molecule has 2 heterocycles. The first kappa shape index (κ1) is 16.2. The van der Waals surface area contributed by atoms with Crippen molar-refractivity contribution in [3.05, 3.63) is 57.5 Å². The number of hydrogen-bond donors (Lipinski definition) is 1. The van der Waals surface area contributed by atoms with Crippen molar-refractivity contribution < 1.29 is 0 Å². The molecule has 0 spiro atoms. The monoisotopic (exact) mass is 348 g/mol. The van der Waals surface area contributed by atoms with E-state index in [2.05, 4.69) is 26.8 Å². The van der Waals surface area contributed by atoms with Gasteiger partial charge in [0.05, 0.1) is 12.1 Å². The van der Waals surface area contributed by atoms with Crippen LogP contribution in [0.4, 0.5) is 0 Å². The zero-order valence-corrected chi connectivity index (χ0v) is 14.8. The Morgan fingerprint density at radius 3 is 2.74 bits per heavy atom. The van der Waals surface area contributed by atoms with Crippen LogP contribution in [0.5, 0.6) is 0 Å². The maximum Gasteiger partial charge on any atom is 0.178 e. The van der Waals surface area contributed by atoms with Gasteiger partial charge in [0, 0.05) is 22.3 Å². The summed E-state index contributed by atoms with van der Waals surface area (Å²) < 4.78 is 0. The molecule has 0 aliphatic carbocycles. The molecule has 0 aliphatic rings. The van der Waals surface area contributed by atoms with Crippen molar-refractivity contribution in [1.82, 2.24) is 19.9 Å². The van der Waals surface area contributed by atoms with Gasteiger partial charge in [-0.15, -0.1) is 0 Å². The number of benzene rings is 1. The standard InChI is InChI=1S/C17H18Cl2N4/c1-10-6-7-20-17-16(10)21-15(22-17)9-23(3)11(2)13-5-4-12(18)8-14(13)19/h4-8,11H,9H2,1-3H3,(H,20,21,22)/t11-/m0/s1. The van der Waals surface area contributed by atoms with Crippen molar-refractivity contribution in [2.24, 2.45) is 0 Å². The number of fused-ring (bicyclic) bond motifs is 1. The third-order valence-corrected chi connectivity index (χ3v) is 4.68. The van der Waals surface area contributed by atoms with Gasteiger partial charge in [0.25, 0.3) is 0 Å². The second kappa shape index (κ2) is 6.48. The number of aryl methyl sites for hydroxylation is 1. The second-order valence-electron chi connectivity index (χ2n) is 5.77. The van der Waals surface area contributed by atoms with E-state index in [1.54, 1.807) is 12.3 Å². The highest BCUT2D eigenvalue weighted by molar-refractivity contribution is 6.35. The zero-order valence-electron chi connectivity index (χ0n) is 13.3. The number of aromatic nitrogens is 3. The van der Waals surface area contributed by atoms with Crippen LogP contribution in [0.25, 0.3) is 11.2 Å². The average molecular weight is 349 g/mol. The van der Waals surface area contributed by atoms with Crippen LogP contribution in [-0.4, -0.2) is 26.9 Å². The largest absolute Gasteiger partial charge is 0.339 e. The van der Waals surface area contributed by atoms with Crippen molar-refractivity contribution in [1.29, 1.82) is 0 Å². The molecule has 0 saturated carbocycles. The molecule has 0 saturated heterocycles. The maximum absolute atomic E-state index is 6.31. The third kappa shape index (κ3) is 3.34. The quantitative estimate of drug-likeness (QED) is 0.738. The molecule has 23 heavy (non-hydrogen) atoms. The SMILES string of the molecule is Cc1ccnc2nc(CN(C)[C@@H](C)c3ccc(Cl)cc3Cl)[nH]c12. The minimum atomic E-state index is 0.141. The molecule has 1 atom stereocenters. The molecular weight excluding hydrogens is 331 g/mol. The molecule has 1 aromatic carbocycles. The normalized spacial score (nSPS) is 13.0. The van der Waals surface area contributed by atoms with Gasteiger partial charge in [-0.3, -0.25) is 4.90 Å². The molecule has 2 aromatic heterocycles. The molecule has 0 radical (unpaired) electrons. The highest BCUT2D eigenvalue weighted by atomic mass is 35.5. The Labute approximate surface area is 145 Å². The first-order valence-electron chi connectivity index (χ1n) is 7.41. The molecule has 4 nitrogen and oxygen atoms in total. The molecule has 0 bridgehead atoms. The Bertz CT molecular complexity index is 844. The van der Waals surface area contributed by atoms with Crippen LogP contribution in [0.2, 0.25) is 10.0 Å². The van der Waals surface area contributed by atoms with E-state index in [4.69, 9.17) is 23.2 Å². The lowest BCUT2D eigenvalue weighted by atomic mass is 10.1. The lowest BCUT2D eigenvalue weighted by Gasteiger charge is -2.25. The number of nitrogens with one attached hydrogen (secondary N) is 1. The van der Waals surface area contributed by atoms with E-state index >= 15 is 0 Å². The fraction of sp³-hybridized carbons (Fsp3) is 0.294. The molecule has 0 amide bonds. The van der Waals surface area contributed by atoms with E-state index in [9.17, 15) is 0 Å². The number of H-pyrrole nitrogens is 1. The maximum atomic E-state index is 6.31. The second-order valence-corrected chi connectivity index (χ2v) is 6.61. The van der Waals surface area contributed by atoms with E-state index in [1.807, 2.05) is 32.2 Å². The molecule has 3 aromatic rings. The lowest BCUT2D eigenvalue weighted by Crippen LogP contribution is -2.22. The summed E-state index contributed by atoms with van der Waals surface area (Å²) in [6.45, 7) is 4.84. The fourth-order valence-corrected chi connectivity index (χ4v) is 3.18. The van der Waals surface area contributed by atoms with Gasteiger partial charge in [-0.1, -0.05) is 29.3 Å². The molecule has 1 N–H and O–H groups in total. The average Bonchev–Trinajstić information content (AvgIpc) is 2.90. The Balaban J connectivity index is 1.82. The lowest BCUT2D eigenvalue weighted by molar-refractivity contribution is 0.248. The minimum absolute atomic E-state index is 0.141. The number of rotatable bonds is 4. The zero-order chi connectivity index (χ0) is 16.6. The highest BCUT2D eigenvalue weighted by Gasteiger charge is 2.17. The summed E-state index contributed by atoms with van der Waals surface area (Å²) in [6, 6.07) is 7.72. The Morgan fingerprint density at radius 2 is 2.04 bits per heavy atom. The van der Waals surface area contributed by atoms with Crippen LogP contribution in [0.1, 0.15) is 29.9 Å². The number of pyridine rings is 1. The van der Waals surface area contributed by atoms with Crippen molar-refractivity contribution in [3.63, 3.8) is 0 Å². The predicted octanol–water partition coefficient (Wildman–Crippen LogP) is 4.77. The van der Waals surface area contributed by atoms with Gasteiger partial charge in [-0.2, -0.15) is 0 Å². The summed E-state index contributed by atoms with van der Waals surface area (Å²) in [5.74, 6) is 0.890. The van der Waals surface area contributed by atoms with Gasteiger partial charge in [0.15, 0.2) is 5.65 Å². The molecule has 0 fully saturated rings. The number of nitrogens with zero attached hydrogens (tertiary/aromatic N) is 3. The van der Waals surface area contributed by atoms with Crippen LogP contribution < -0.4 is 0 Å². The summed E-state index contributed by atoms with van der Waals surface area (Å²) in [5.41, 5.74) is 3.94. The Kier molecular flexibility index (Phi) is 4.57. The summed E-state index contributed by atoms with van der Waals surface area (Å²) in [4.78, 5) is 14.4. The number of imidazole rings is 1. The van der Waals surface area contributed by atoms with Gasteiger partial charge in [0.1, 0.15) is 5.82 Å². The van der Waals surface area contributed by atoms with Crippen LogP contribution in [0, 0.1) is 6.92 Å². The van der Waals surface area contributed by atoms with Crippen molar-refractivity contribution >= 4 is 34.4 Å². The van der Waals surface area contributed by atoms with Crippen LogP contribution in [0.3, 0.4) is 0 Å². The molecule has 0 aliphatic heterocycles. The van der Waals surface area contributed by atoms with Crippen molar-refractivity contribution in [3.8, 4) is 0 Å². The summed E-state index contributed by atoms with van der Waals surface area (Å²) in [5, 5.41) is 1.33. The van der Waals surface area contributed by atoms with E-state index in [-0.39, 0.29) is 6.04 Å². The Hall–Kier alpha value is -1.62. The van der Waals surface area contributed by atoms with E-state index in [1.165, 1.54) is 0 Å². The molecule has 0 unspecified atom stereocenters. The van der Waals surface area contributed by atoms with Gasteiger partial charge < -0.3 is 4.98 Å². The summed E-state index contributed by atoms with van der Waals surface area (Å²) in [7, 11) is 2.04. The highest BCUT2D eigenvalue weighted by Crippen LogP contribution is 2.29. The first-order valence-corrected chi connectivity index (χ1v) is 8.16. The van der Waals surface area contributed by atoms with Crippen LogP contribution >= 0.6 is 23.2 Å². The van der Waals surface area contributed by atoms with Gasteiger partial charge in [-0.05, 0) is 50.2 Å². The van der Waals surface area contributed by atoms with E-state index < -0.39 is 0 Å². The van der Waals surface area contributed by atoms with Crippen molar-refractivity contribution in [2.75, 3.05) is 7.05 Å². The number of hydrogen-bond acceptors (Lipinski definition) is 3. The number of halogens is 2.